The predicted octanol–water partition coefficient (Wildman–Crippen LogP) is 1.05. The van der Waals surface area contributed by atoms with Gasteiger partial charge in [-0.3, -0.25) is 0 Å². The van der Waals surface area contributed by atoms with E-state index in [9.17, 15) is 14.0 Å². The maximum absolute atomic E-state index is 9.19. The van der Waals surface area contributed by atoms with E-state index >= 15 is 0 Å². The van der Waals surface area contributed by atoms with E-state index in [1.54, 1.807) is 0 Å². The highest BCUT2D eigenvalue weighted by molar-refractivity contribution is 5.84. The number of aromatic nitrogens is 1. The first-order chi connectivity index (χ1) is 16.8. The Morgan fingerprint density at radius 1 is 1.06 bits per heavy atom. The number of likely N-dealkylation sites (N-methyl/N-ethyl adjacent to an activating group) is 1. The number of anilines is 1. The lowest BCUT2D eigenvalue weighted by Crippen LogP contribution is -2.60. The van der Waals surface area contributed by atoms with Crippen LogP contribution in [0.1, 0.15) is 46.5 Å². The molecule has 0 atom stereocenters. The Bertz CT molecular complexity index is 1130. The fraction of sp³-hybridized carbons (Fsp3) is 0.520. The highest BCUT2D eigenvalue weighted by Gasteiger charge is 2.20. The minimum absolute atomic E-state index is 0.714. The first-order valence-electron chi connectivity index (χ1n) is 12.1. The van der Waals surface area contributed by atoms with Gasteiger partial charge in [-0.15, -0.1) is 0 Å². The topological polar surface area (TPSA) is 120 Å². The van der Waals surface area contributed by atoms with E-state index in [0.29, 0.717) is 6.61 Å². The summed E-state index contributed by atoms with van der Waals surface area (Å²) in [6.45, 7) is 11.4. The monoisotopic (exact) mass is 508 g/mol. The summed E-state index contributed by atoms with van der Waals surface area (Å²) in [5.41, 5.74) is 3.64. The van der Waals surface area contributed by atoms with Gasteiger partial charge >= 0.3 is 0 Å². The van der Waals surface area contributed by atoms with Gasteiger partial charge in [0, 0.05) is 37.6 Å². The van der Waals surface area contributed by atoms with Crippen LogP contribution in [0.3, 0.4) is 0 Å². The zero-order valence-electron chi connectivity index (χ0n) is 20.9. The van der Waals surface area contributed by atoms with E-state index in [2.05, 4.69) is 58.8 Å². The summed E-state index contributed by atoms with van der Waals surface area (Å²) in [6, 6.07) is 10.5. The third-order valence-corrected chi connectivity index (χ3v) is 6.28. The molecule has 2 aliphatic heterocycles. The number of ether oxygens (including phenoxy) is 1. The summed E-state index contributed by atoms with van der Waals surface area (Å²) in [6.07, 6.45) is 4.81. The number of benzene rings is 2. The van der Waals surface area contributed by atoms with E-state index < -0.39 is 10.2 Å². The fourth-order valence-corrected chi connectivity index (χ4v) is 3.97. The third kappa shape index (κ3) is 7.28. The zero-order chi connectivity index (χ0) is 25.4. The molecule has 0 radical (unpaired) electrons. The van der Waals surface area contributed by atoms with E-state index in [-0.39, 0.29) is 0 Å². The molecular weight excluding hydrogens is 474 g/mol. The van der Waals surface area contributed by atoms with Crippen LogP contribution in [-0.2, 0) is 4.29 Å². The van der Waals surface area contributed by atoms with E-state index in [4.69, 9.17) is 14.1 Å². The van der Waals surface area contributed by atoms with Crippen LogP contribution in [0.25, 0.3) is 22.6 Å². The van der Waals surface area contributed by atoms with Crippen molar-refractivity contribution in [3.05, 3.63) is 35.7 Å². The van der Waals surface area contributed by atoms with Gasteiger partial charge in [-0.05, 0) is 13.0 Å². The summed E-state index contributed by atoms with van der Waals surface area (Å²) < 4.78 is 45.6. The predicted molar refractivity (Wildman–Crippen MR) is 126 cm³/mol. The lowest BCUT2D eigenvalue weighted by molar-refractivity contribution is -1.92. The van der Waals surface area contributed by atoms with Crippen LogP contribution in [0.2, 0.25) is 0 Å². The quantitative estimate of drug-likeness (QED) is 0.327. The van der Waals surface area contributed by atoms with Gasteiger partial charge in [-0.2, -0.15) is 14.0 Å². The summed E-state index contributed by atoms with van der Waals surface area (Å²) in [7, 11) is -3.38. The standard InChI is InChI=1S/C24H32N3O2.CH3ClO4/c1-4-7-11-27(12-8-5-2)18-9-10-19-22(15-18)29-23-17-21-24(16-20(23)25-19)28-14-13-26(21)6-3;1-6-2(3,4)5/h9-10,15-17H,4-8,11-14H2,1-3H3;1H3/q+1;. The number of hydrogen-bond acceptors (Lipinski definition) is 8. The third-order valence-electron chi connectivity index (χ3n) is 5.90. The molecule has 0 aromatic heterocycles. The molecule has 1 aromatic carbocycles. The van der Waals surface area contributed by atoms with E-state index in [0.717, 1.165) is 67.3 Å². The maximum atomic E-state index is 9.19. The SMILES string of the molecule is CCCC[N+](CCCC)=c1ccc2nc3cc4c(cc3oc-2c1)N(CC)CCO4.CO[Cl+3]([O-])([O-])[O-]. The van der Waals surface area contributed by atoms with Crippen LogP contribution >= 0.6 is 0 Å². The molecule has 0 unspecified atom stereocenters. The van der Waals surface area contributed by atoms with Crippen molar-refractivity contribution in [2.24, 2.45) is 0 Å². The van der Waals surface area contributed by atoms with Crippen molar-refractivity contribution in [1.29, 1.82) is 0 Å². The molecule has 0 bridgehead atoms. The minimum Gasteiger partial charge on any atom is -0.489 e. The maximum Gasteiger partial charge on any atom is 0.203 e. The second-order valence-corrected chi connectivity index (χ2v) is 9.37. The van der Waals surface area contributed by atoms with Gasteiger partial charge in [-0.1, -0.05) is 26.7 Å². The first-order valence-corrected chi connectivity index (χ1v) is 13.3. The van der Waals surface area contributed by atoms with E-state index in [1.807, 2.05) is 6.07 Å². The molecular formula is C25H35ClN3O6+. The second-order valence-electron chi connectivity index (χ2n) is 8.31. The normalized spacial score (nSPS) is 13.3. The van der Waals surface area contributed by atoms with Crippen LogP contribution in [-0.4, -0.2) is 44.9 Å². The molecule has 0 N–H and O–H groups in total. The molecule has 0 amide bonds. The van der Waals surface area contributed by atoms with Crippen molar-refractivity contribution in [3.8, 4) is 17.2 Å². The second kappa shape index (κ2) is 12.5. The summed E-state index contributed by atoms with van der Waals surface area (Å²) in [5.74, 6) is 1.74. The van der Waals surface area contributed by atoms with Crippen LogP contribution in [0.15, 0.2) is 34.7 Å². The number of hydrogen-bond donors (Lipinski definition) is 0. The molecule has 0 spiro atoms. The molecule has 0 fully saturated rings. The zero-order valence-corrected chi connectivity index (χ0v) is 21.7. The lowest BCUT2D eigenvalue weighted by Gasteiger charge is -2.30. The van der Waals surface area contributed by atoms with Crippen molar-refractivity contribution < 1.29 is 37.7 Å². The number of halogens is 1. The number of nitrogens with zero attached hydrogens (tertiary/aromatic N) is 3. The molecule has 9 nitrogen and oxygen atoms in total. The van der Waals surface area contributed by atoms with Crippen LogP contribution in [0.5, 0.6) is 5.75 Å². The summed E-state index contributed by atoms with van der Waals surface area (Å²) in [5, 5.41) is 1.22. The summed E-state index contributed by atoms with van der Waals surface area (Å²) >= 11 is 0. The number of fused-ring (bicyclic) bond motifs is 3. The largest absolute Gasteiger partial charge is 0.489 e. The molecule has 4 rings (SSSR count). The van der Waals surface area contributed by atoms with Gasteiger partial charge in [0.15, 0.2) is 18.5 Å². The highest BCUT2D eigenvalue weighted by atomic mass is 35.7. The van der Waals surface area contributed by atoms with E-state index in [1.165, 1.54) is 31.0 Å². The Balaban J connectivity index is 0.000000509. The first kappa shape index (κ1) is 27.2. The van der Waals surface area contributed by atoms with Crippen molar-refractivity contribution in [1.82, 2.24) is 9.56 Å². The molecule has 1 aliphatic carbocycles. The molecule has 0 saturated carbocycles. The Hall–Kier alpha value is -2.43. The van der Waals surface area contributed by atoms with Gasteiger partial charge in [0.2, 0.25) is 5.36 Å². The van der Waals surface area contributed by atoms with Crippen LogP contribution in [0.4, 0.5) is 5.69 Å². The van der Waals surface area contributed by atoms with Gasteiger partial charge in [-0.25, -0.2) is 9.56 Å². The minimum atomic E-state index is -4.18. The number of rotatable bonds is 8. The molecule has 0 saturated heterocycles. The Morgan fingerprint density at radius 2 is 1.74 bits per heavy atom. The summed E-state index contributed by atoms with van der Waals surface area (Å²) in [4.78, 5) is 7.18. The Morgan fingerprint density at radius 3 is 2.34 bits per heavy atom. The Kier molecular flexibility index (Phi) is 9.71. The van der Waals surface area contributed by atoms with Gasteiger partial charge < -0.3 is 14.1 Å². The average Bonchev–Trinajstić information content (AvgIpc) is 2.85. The van der Waals surface area contributed by atoms with Crippen molar-refractivity contribution in [3.63, 3.8) is 0 Å². The molecule has 3 aliphatic rings. The average molecular weight is 509 g/mol. The molecule has 35 heavy (non-hydrogen) atoms. The Labute approximate surface area is 208 Å². The van der Waals surface area contributed by atoms with Gasteiger partial charge in [0.05, 0.1) is 32.8 Å². The van der Waals surface area contributed by atoms with Crippen LogP contribution < -0.4 is 33.5 Å². The molecule has 1 aromatic rings. The van der Waals surface area contributed by atoms with Gasteiger partial charge in [0.1, 0.15) is 36.7 Å². The smallest absolute Gasteiger partial charge is 0.203 e. The lowest BCUT2D eigenvalue weighted by atomic mass is 10.1. The van der Waals surface area contributed by atoms with Crippen molar-refractivity contribution in [2.75, 3.05) is 44.8 Å². The molecule has 192 valence electrons. The van der Waals surface area contributed by atoms with Crippen molar-refractivity contribution >= 4 is 16.8 Å². The van der Waals surface area contributed by atoms with Crippen LogP contribution in [0, 0.1) is 10.2 Å². The number of unbranched alkanes of at least 4 members (excludes halogenated alkanes) is 2. The van der Waals surface area contributed by atoms with Gasteiger partial charge in [0.25, 0.3) is 0 Å². The molecule has 10 heteroatoms. The van der Waals surface area contributed by atoms with Crippen molar-refractivity contribution in [2.45, 2.75) is 46.5 Å². The fourth-order valence-electron chi connectivity index (χ4n) is 3.97. The highest BCUT2D eigenvalue weighted by Crippen LogP contribution is 2.36. The molecule has 2 heterocycles.